The summed E-state index contributed by atoms with van der Waals surface area (Å²) in [6, 6.07) is 71.7. The third-order valence-electron chi connectivity index (χ3n) is 11.2. The minimum absolute atomic E-state index is 0.150. The molecule has 2 unspecified atom stereocenters. The van der Waals surface area contributed by atoms with Gasteiger partial charge in [-0.15, -0.1) is 0 Å². The van der Waals surface area contributed by atoms with Crippen molar-refractivity contribution in [3.63, 3.8) is 0 Å². The first-order valence-electron chi connectivity index (χ1n) is 19.2. The highest BCUT2D eigenvalue weighted by molar-refractivity contribution is 6.13. The normalized spacial score (nSPS) is 15.7. The molecule has 0 spiro atoms. The third kappa shape index (κ3) is 5.40. The van der Waals surface area contributed by atoms with Crippen molar-refractivity contribution in [3.05, 3.63) is 211 Å². The number of nitrogens with one attached hydrogen (secondary N) is 2. The summed E-state index contributed by atoms with van der Waals surface area (Å²) in [6.45, 7) is 0. The van der Waals surface area contributed by atoms with Gasteiger partial charge in [-0.3, -0.25) is 5.32 Å². The summed E-state index contributed by atoms with van der Waals surface area (Å²) in [7, 11) is 0. The lowest BCUT2D eigenvalue weighted by atomic mass is 9.99. The Labute approximate surface area is 324 Å². The lowest BCUT2D eigenvalue weighted by Gasteiger charge is -2.33. The van der Waals surface area contributed by atoms with Crippen LogP contribution >= 0.6 is 0 Å². The zero-order valence-electron chi connectivity index (χ0n) is 30.5. The van der Waals surface area contributed by atoms with E-state index in [1.807, 2.05) is 6.07 Å². The highest BCUT2D eigenvalue weighted by Gasteiger charge is 2.28. The summed E-state index contributed by atoms with van der Waals surface area (Å²) in [6.07, 6.45) is -0.531. The molecule has 0 aliphatic carbocycles. The maximum absolute atomic E-state index is 5.40. The van der Waals surface area contributed by atoms with Gasteiger partial charge < -0.3 is 14.5 Å². The average Bonchev–Trinajstić information content (AvgIpc) is 3.79. The van der Waals surface area contributed by atoms with E-state index in [4.69, 9.17) is 4.99 Å². The molecule has 2 N–H and O–H groups in total. The van der Waals surface area contributed by atoms with Crippen molar-refractivity contribution >= 4 is 49.4 Å². The van der Waals surface area contributed by atoms with Crippen LogP contribution in [0.1, 0.15) is 23.6 Å². The lowest BCUT2D eigenvalue weighted by molar-refractivity contribution is 0.341. The SMILES string of the molecule is c1ccc(C2=NC(n3c4ccc(-c5ccc6c(c5)c5ccccc5n6-c5ccccc5)cc4c4ccc(-c5ccccc5)cc43)NC(c3ccccc3)N2)cc1. The number of aliphatic imine (C=N–C) groups is 1. The van der Waals surface area contributed by atoms with Crippen molar-refractivity contribution in [1.82, 2.24) is 19.8 Å². The monoisotopic (exact) mass is 719 g/mol. The molecule has 5 nitrogen and oxygen atoms in total. The van der Waals surface area contributed by atoms with E-state index in [1.165, 1.54) is 54.8 Å². The van der Waals surface area contributed by atoms with E-state index in [-0.39, 0.29) is 12.5 Å². The van der Waals surface area contributed by atoms with Crippen LogP contribution < -0.4 is 10.6 Å². The van der Waals surface area contributed by atoms with Crippen LogP contribution in [0.5, 0.6) is 0 Å². The van der Waals surface area contributed by atoms with Gasteiger partial charge in [0, 0.05) is 32.8 Å². The number of hydrogen-bond donors (Lipinski definition) is 2. The molecule has 266 valence electrons. The number of aromatic nitrogens is 2. The predicted octanol–water partition coefficient (Wildman–Crippen LogP) is 12.0. The van der Waals surface area contributed by atoms with Crippen LogP contribution in [0.4, 0.5) is 0 Å². The molecule has 3 heterocycles. The molecule has 2 aromatic heterocycles. The molecule has 0 amide bonds. The Morgan fingerprint density at radius 2 is 0.929 bits per heavy atom. The van der Waals surface area contributed by atoms with Gasteiger partial charge in [0.15, 0.2) is 6.29 Å². The summed E-state index contributed by atoms with van der Waals surface area (Å²) in [4.78, 5) is 5.40. The number of hydrogen-bond acceptors (Lipinski definition) is 3. The molecule has 11 rings (SSSR count). The van der Waals surface area contributed by atoms with E-state index >= 15 is 0 Å². The molecular formula is C51H37N5. The standard InChI is InChI=1S/C51H37N5/c1-5-15-34(16-6-1)39-25-28-42-44-32-38(37-26-29-46-43(31-37)41-23-13-14-24-45(41)55(46)40-21-11-4-12-22-40)27-30-47(44)56(48(42)33-39)51-53-49(35-17-7-2-8-18-35)52-50(54-51)36-19-9-3-10-20-36/h1-33,49,51,53H,(H,52,54). The Kier molecular flexibility index (Phi) is 7.64. The number of benzene rings is 8. The van der Waals surface area contributed by atoms with E-state index in [0.717, 1.165) is 33.7 Å². The molecule has 1 aliphatic rings. The molecular weight excluding hydrogens is 683 g/mol. The van der Waals surface area contributed by atoms with Crippen LogP contribution in [0.3, 0.4) is 0 Å². The van der Waals surface area contributed by atoms with E-state index < -0.39 is 0 Å². The zero-order valence-corrected chi connectivity index (χ0v) is 30.5. The molecule has 8 aromatic carbocycles. The number of nitrogens with zero attached hydrogens (tertiary/aromatic N) is 3. The Bertz CT molecular complexity index is 3070. The fraction of sp³-hybridized carbons (Fsp3) is 0.0392. The highest BCUT2D eigenvalue weighted by Crippen LogP contribution is 2.40. The molecule has 2 atom stereocenters. The van der Waals surface area contributed by atoms with Gasteiger partial charge in [0.1, 0.15) is 12.0 Å². The molecule has 0 fully saturated rings. The fourth-order valence-electron chi connectivity index (χ4n) is 8.55. The number of rotatable bonds is 6. The van der Waals surface area contributed by atoms with E-state index in [2.05, 4.69) is 214 Å². The maximum atomic E-state index is 5.40. The highest BCUT2D eigenvalue weighted by atomic mass is 15.4. The van der Waals surface area contributed by atoms with Gasteiger partial charge in [-0.25, -0.2) is 4.99 Å². The minimum atomic E-state index is -0.381. The first kappa shape index (κ1) is 32.2. The summed E-state index contributed by atoms with van der Waals surface area (Å²) >= 11 is 0. The van der Waals surface area contributed by atoms with Gasteiger partial charge in [-0.1, -0.05) is 152 Å². The molecule has 5 heteroatoms. The quantitative estimate of drug-likeness (QED) is 0.180. The lowest BCUT2D eigenvalue weighted by Crippen LogP contribution is -2.46. The first-order valence-corrected chi connectivity index (χ1v) is 19.2. The minimum Gasteiger partial charge on any atom is -0.350 e. The van der Waals surface area contributed by atoms with Crippen molar-refractivity contribution in [2.24, 2.45) is 4.99 Å². The van der Waals surface area contributed by atoms with Crippen molar-refractivity contribution < 1.29 is 0 Å². The van der Waals surface area contributed by atoms with E-state index in [1.54, 1.807) is 0 Å². The molecule has 1 aliphatic heterocycles. The van der Waals surface area contributed by atoms with Gasteiger partial charge >= 0.3 is 0 Å². The average molecular weight is 720 g/mol. The summed E-state index contributed by atoms with van der Waals surface area (Å²) in [5.74, 6) is 0.858. The van der Waals surface area contributed by atoms with Gasteiger partial charge in [0.05, 0.1) is 22.1 Å². The Balaban J connectivity index is 1.11. The number of fused-ring (bicyclic) bond motifs is 6. The largest absolute Gasteiger partial charge is 0.350 e. The first-order chi connectivity index (χ1) is 27.8. The molecule has 0 saturated heterocycles. The molecule has 56 heavy (non-hydrogen) atoms. The van der Waals surface area contributed by atoms with Gasteiger partial charge in [-0.2, -0.15) is 0 Å². The van der Waals surface area contributed by atoms with Gasteiger partial charge in [-0.05, 0) is 76.3 Å². The fourth-order valence-corrected chi connectivity index (χ4v) is 8.55. The summed E-state index contributed by atoms with van der Waals surface area (Å²) < 4.78 is 4.76. The Morgan fingerprint density at radius 1 is 0.393 bits per heavy atom. The summed E-state index contributed by atoms with van der Waals surface area (Å²) in [5, 5.41) is 12.5. The van der Waals surface area contributed by atoms with Crippen molar-refractivity contribution in [3.8, 4) is 27.9 Å². The Hall–Kier alpha value is -7.21. The third-order valence-corrected chi connectivity index (χ3v) is 11.2. The van der Waals surface area contributed by atoms with E-state index in [9.17, 15) is 0 Å². The van der Waals surface area contributed by atoms with Crippen LogP contribution in [0, 0.1) is 0 Å². The van der Waals surface area contributed by atoms with Crippen molar-refractivity contribution in [1.29, 1.82) is 0 Å². The van der Waals surface area contributed by atoms with E-state index in [0.29, 0.717) is 0 Å². The molecule has 10 aromatic rings. The number of amidine groups is 1. The van der Waals surface area contributed by atoms with Crippen LogP contribution in [0.15, 0.2) is 205 Å². The van der Waals surface area contributed by atoms with Crippen molar-refractivity contribution in [2.45, 2.75) is 12.5 Å². The van der Waals surface area contributed by atoms with Crippen LogP contribution in [-0.2, 0) is 0 Å². The van der Waals surface area contributed by atoms with Crippen LogP contribution in [-0.4, -0.2) is 15.0 Å². The molecule has 0 saturated carbocycles. The number of para-hydroxylation sites is 2. The van der Waals surface area contributed by atoms with Crippen LogP contribution in [0.25, 0.3) is 71.6 Å². The summed E-state index contributed by atoms with van der Waals surface area (Å²) in [5.41, 5.74) is 12.7. The smallest absolute Gasteiger partial charge is 0.184 e. The maximum Gasteiger partial charge on any atom is 0.184 e. The van der Waals surface area contributed by atoms with Gasteiger partial charge in [0.25, 0.3) is 0 Å². The molecule has 0 radical (unpaired) electrons. The molecule has 0 bridgehead atoms. The topological polar surface area (TPSA) is 46.3 Å². The second-order valence-electron chi connectivity index (χ2n) is 14.5. The predicted molar refractivity (Wildman–Crippen MR) is 232 cm³/mol. The van der Waals surface area contributed by atoms with Crippen LogP contribution in [0.2, 0.25) is 0 Å². The second kappa shape index (κ2) is 13.3. The van der Waals surface area contributed by atoms with Crippen molar-refractivity contribution in [2.75, 3.05) is 0 Å². The zero-order chi connectivity index (χ0) is 37.0. The Morgan fingerprint density at radius 3 is 1.66 bits per heavy atom. The second-order valence-corrected chi connectivity index (χ2v) is 14.5. The van der Waals surface area contributed by atoms with Gasteiger partial charge in [0.2, 0.25) is 0 Å².